The fraction of sp³-hybridized carbons (Fsp3) is 0.667. The van der Waals surface area contributed by atoms with Crippen LogP contribution in [0.25, 0.3) is 6.08 Å². The number of rotatable bonds is 6. The molecule has 0 N–H and O–H groups in total. The third-order valence-electron chi connectivity index (χ3n) is 7.02. The summed E-state index contributed by atoms with van der Waals surface area (Å²) in [5.74, 6) is 2.31. The summed E-state index contributed by atoms with van der Waals surface area (Å²) in [4.78, 5) is 0. The van der Waals surface area contributed by atoms with Crippen LogP contribution in [0, 0.1) is 35.3 Å². The molecule has 0 saturated heterocycles. The van der Waals surface area contributed by atoms with E-state index in [1.807, 2.05) is 6.08 Å². The van der Waals surface area contributed by atoms with E-state index < -0.39 is 11.6 Å². The van der Waals surface area contributed by atoms with Gasteiger partial charge >= 0.3 is 0 Å². The monoisotopic (exact) mass is 360 g/mol. The maximum Gasteiger partial charge on any atom is 0.159 e. The molecule has 0 bridgehead atoms. The van der Waals surface area contributed by atoms with Crippen molar-refractivity contribution in [2.24, 2.45) is 23.7 Å². The molecule has 3 rings (SSSR count). The summed E-state index contributed by atoms with van der Waals surface area (Å²) in [5.41, 5.74) is 0.746. The van der Waals surface area contributed by atoms with Gasteiger partial charge in [-0.2, -0.15) is 0 Å². The Kier molecular flexibility index (Phi) is 7.28. The zero-order valence-electron chi connectivity index (χ0n) is 16.2. The molecule has 0 heterocycles. The molecule has 0 atom stereocenters. The van der Waals surface area contributed by atoms with E-state index in [9.17, 15) is 8.78 Å². The molecule has 0 radical (unpaired) electrons. The average molecular weight is 361 g/mol. The molecule has 0 amide bonds. The first-order chi connectivity index (χ1) is 12.7. The van der Waals surface area contributed by atoms with Gasteiger partial charge in [-0.25, -0.2) is 8.78 Å². The number of benzene rings is 1. The average Bonchev–Trinajstić information content (AvgIpc) is 2.68. The van der Waals surface area contributed by atoms with Crippen molar-refractivity contribution in [2.45, 2.75) is 77.6 Å². The molecule has 144 valence electrons. The summed E-state index contributed by atoms with van der Waals surface area (Å²) in [5, 5.41) is 0. The fourth-order valence-corrected chi connectivity index (χ4v) is 5.18. The van der Waals surface area contributed by atoms with Gasteiger partial charge in [0, 0.05) is 0 Å². The molecule has 2 saturated carbocycles. The minimum atomic E-state index is -0.776. The van der Waals surface area contributed by atoms with Crippen molar-refractivity contribution < 1.29 is 8.78 Å². The molecule has 2 aliphatic carbocycles. The highest BCUT2D eigenvalue weighted by Gasteiger charge is 2.30. The molecular weight excluding hydrogens is 326 g/mol. The Labute approximate surface area is 158 Å². The first-order valence-electron chi connectivity index (χ1n) is 10.8. The van der Waals surface area contributed by atoms with Gasteiger partial charge in [-0.3, -0.25) is 0 Å². The molecule has 0 aliphatic heterocycles. The van der Waals surface area contributed by atoms with Crippen LogP contribution in [0.3, 0.4) is 0 Å². The lowest BCUT2D eigenvalue weighted by Gasteiger charge is -2.37. The number of hydrogen-bond acceptors (Lipinski definition) is 0. The van der Waals surface area contributed by atoms with Gasteiger partial charge in [-0.15, -0.1) is 0 Å². The Morgan fingerprint density at radius 2 is 1.46 bits per heavy atom. The highest BCUT2D eigenvalue weighted by molar-refractivity contribution is 5.48. The smallest absolute Gasteiger partial charge is 0.159 e. The van der Waals surface area contributed by atoms with Gasteiger partial charge in [0.05, 0.1) is 0 Å². The first-order valence-corrected chi connectivity index (χ1v) is 10.8. The van der Waals surface area contributed by atoms with Crippen molar-refractivity contribution in [3.8, 4) is 0 Å². The molecule has 2 heteroatoms. The predicted molar refractivity (Wildman–Crippen MR) is 106 cm³/mol. The lowest BCUT2D eigenvalue weighted by molar-refractivity contribution is 0.143. The maximum absolute atomic E-state index is 13.2. The van der Waals surface area contributed by atoms with Crippen molar-refractivity contribution in [1.82, 2.24) is 0 Å². The van der Waals surface area contributed by atoms with Crippen LogP contribution in [0.2, 0.25) is 0 Å². The normalized spacial score (nSPS) is 30.0. The fourth-order valence-electron chi connectivity index (χ4n) is 5.18. The van der Waals surface area contributed by atoms with Crippen molar-refractivity contribution in [3.63, 3.8) is 0 Å². The number of halogens is 2. The predicted octanol–water partition coefficient (Wildman–Crippen LogP) is 7.78. The van der Waals surface area contributed by atoms with E-state index in [-0.39, 0.29) is 0 Å². The first kappa shape index (κ1) is 19.6. The quantitative estimate of drug-likeness (QED) is 0.486. The minimum absolute atomic E-state index is 0.746. The highest BCUT2D eigenvalue weighted by atomic mass is 19.2. The number of hydrogen-bond donors (Lipinski definition) is 0. The van der Waals surface area contributed by atoms with Crippen molar-refractivity contribution >= 4 is 6.08 Å². The van der Waals surface area contributed by atoms with Gasteiger partial charge in [0.25, 0.3) is 0 Å². The van der Waals surface area contributed by atoms with Gasteiger partial charge in [-0.1, -0.05) is 57.2 Å². The van der Waals surface area contributed by atoms with Gasteiger partial charge < -0.3 is 0 Å². The van der Waals surface area contributed by atoms with E-state index in [2.05, 4.69) is 13.0 Å². The third-order valence-corrected chi connectivity index (χ3v) is 7.02. The minimum Gasteiger partial charge on any atom is -0.204 e. The van der Waals surface area contributed by atoms with Crippen LogP contribution in [0.1, 0.15) is 83.1 Å². The van der Waals surface area contributed by atoms with Crippen LogP contribution >= 0.6 is 0 Å². The second kappa shape index (κ2) is 9.67. The Balaban J connectivity index is 1.35. The van der Waals surface area contributed by atoms with E-state index in [0.29, 0.717) is 0 Å². The number of allylic oxidation sites excluding steroid dienone is 1. The van der Waals surface area contributed by atoms with Crippen LogP contribution in [0.5, 0.6) is 0 Å². The summed E-state index contributed by atoms with van der Waals surface area (Å²) in [6, 6.07) is 4.10. The molecule has 0 spiro atoms. The van der Waals surface area contributed by atoms with E-state index in [4.69, 9.17) is 0 Å². The Hall–Kier alpha value is -1.18. The Morgan fingerprint density at radius 3 is 2.04 bits per heavy atom. The summed E-state index contributed by atoms with van der Waals surface area (Å²) < 4.78 is 26.1. The molecule has 0 aromatic heterocycles. The van der Waals surface area contributed by atoms with Crippen LogP contribution in [-0.2, 0) is 0 Å². The van der Waals surface area contributed by atoms with Gasteiger partial charge in [0.1, 0.15) is 0 Å². The lowest BCUT2D eigenvalue weighted by Crippen LogP contribution is -2.25. The highest BCUT2D eigenvalue weighted by Crippen LogP contribution is 2.42. The van der Waals surface area contributed by atoms with Crippen LogP contribution in [-0.4, -0.2) is 0 Å². The van der Waals surface area contributed by atoms with Crippen LogP contribution < -0.4 is 0 Å². The third kappa shape index (κ3) is 5.41. The molecule has 2 fully saturated rings. The van der Waals surface area contributed by atoms with Gasteiger partial charge in [0.15, 0.2) is 11.6 Å². The zero-order valence-corrected chi connectivity index (χ0v) is 16.2. The summed E-state index contributed by atoms with van der Waals surface area (Å²) in [6.45, 7) is 2.34. The lowest BCUT2D eigenvalue weighted by atomic mass is 9.68. The van der Waals surface area contributed by atoms with E-state index in [1.165, 1.54) is 76.3 Å². The largest absolute Gasteiger partial charge is 0.204 e. The SMILES string of the molecule is CCC1CCC(C2CCC(CCC=Cc3ccc(F)c(F)c3)CC2)CC1. The van der Waals surface area contributed by atoms with Crippen molar-refractivity contribution in [3.05, 3.63) is 41.5 Å². The van der Waals surface area contributed by atoms with Crippen molar-refractivity contribution in [1.29, 1.82) is 0 Å². The second-order valence-electron chi connectivity index (χ2n) is 8.62. The molecule has 0 nitrogen and oxygen atoms in total. The van der Waals surface area contributed by atoms with E-state index >= 15 is 0 Å². The zero-order chi connectivity index (χ0) is 18.4. The topological polar surface area (TPSA) is 0 Å². The van der Waals surface area contributed by atoms with Crippen LogP contribution in [0.15, 0.2) is 24.3 Å². The van der Waals surface area contributed by atoms with E-state index in [1.54, 1.807) is 6.07 Å². The summed E-state index contributed by atoms with van der Waals surface area (Å²) in [7, 11) is 0. The van der Waals surface area contributed by atoms with Crippen LogP contribution in [0.4, 0.5) is 8.78 Å². The summed E-state index contributed by atoms with van der Waals surface area (Å²) in [6.07, 6.45) is 19.2. The standard InChI is InChI=1S/C24H34F2/c1-2-18-7-12-21(13-8-18)22-14-9-19(10-15-22)5-3-4-6-20-11-16-23(25)24(26)17-20/h4,6,11,16-19,21-22H,2-3,5,7-10,12-15H2,1H3. The van der Waals surface area contributed by atoms with Gasteiger partial charge in [-0.05, 0) is 79.9 Å². The molecule has 26 heavy (non-hydrogen) atoms. The Morgan fingerprint density at radius 1 is 0.846 bits per heavy atom. The van der Waals surface area contributed by atoms with Gasteiger partial charge in [0.2, 0.25) is 0 Å². The molecular formula is C24H34F2. The molecule has 1 aromatic rings. The van der Waals surface area contributed by atoms with Crippen molar-refractivity contribution in [2.75, 3.05) is 0 Å². The molecule has 2 aliphatic rings. The molecule has 0 unspecified atom stereocenters. The maximum atomic E-state index is 13.2. The molecule has 1 aromatic carbocycles. The second-order valence-corrected chi connectivity index (χ2v) is 8.62. The summed E-state index contributed by atoms with van der Waals surface area (Å²) >= 11 is 0. The van der Waals surface area contributed by atoms with E-state index in [0.717, 1.165) is 35.7 Å². The Bertz CT molecular complexity index is 576.